The zero-order chi connectivity index (χ0) is 13.3. The molecule has 2 unspecified atom stereocenters. The van der Waals surface area contributed by atoms with Gasteiger partial charge in [-0.25, -0.2) is 0 Å². The monoisotopic (exact) mass is 247 g/mol. The summed E-state index contributed by atoms with van der Waals surface area (Å²) >= 11 is 0. The van der Waals surface area contributed by atoms with Crippen molar-refractivity contribution < 1.29 is 9.53 Å². The van der Waals surface area contributed by atoms with Gasteiger partial charge in [-0.05, 0) is 43.0 Å². The molecule has 1 aromatic carbocycles. The maximum absolute atomic E-state index is 11.8. The quantitative estimate of drug-likeness (QED) is 0.813. The fourth-order valence-electron chi connectivity index (χ4n) is 2.79. The van der Waals surface area contributed by atoms with Crippen LogP contribution in [0, 0.1) is 26.7 Å². The zero-order valence-corrected chi connectivity index (χ0v) is 11.5. The second-order valence-corrected chi connectivity index (χ2v) is 5.19. The molecule has 18 heavy (non-hydrogen) atoms. The van der Waals surface area contributed by atoms with Crippen molar-refractivity contribution in [2.24, 2.45) is 5.92 Å². The Labute approximate surface area is 109 Å². The molecule has 1 aliphatic heterocycles. The van der Waals surface area contributed by atoms with Gasteiger partial charge in [0.1, 0.15) is 0 Å². The van der Waals surface area contributed by atoms with Crippen LogP contribution in [0.1, 0.15) is 28.2 Å². The summed E-state index contributed by atoms with van der Waals surface area (Å²) in [7, 11) is 1.46. The molecule has 1 aliphatic rings. The van der Waals surface area contributed by atoms with E-state index in [2.05, 4.69) is 38.2 Å². The summed E-state index contributed by atoms with van der Waals surface area (Å²) in [5.74, 6) is 0.0650. The van der Waals surface area contributed by atoms with E-state index in [4.69, 9.17) is 4.74 Å². The Morgan fingerprint density at radius 3 is 2.50 bits per heavy atom. The maximum atomic E-state index is 11.8. The van der Waals surface area contributed by atoms with Crippen LogP contribution in [-0.2, 0) is 9.53 Å². The minimum Gasteiger partial charge on any atom is -0.469 e. The van der Waals surface area contributed by atoms with Gasteiger partial charge in [0.15, 0.2) is 0 Å². The number of nitrogens with one attached hydrogen (secondary N) is 1. The van der Waals surface area contributed by atoms with E-state index >= 15 is 0 Å². The van der Waals surface area contributed by atoms with E-state index < -0.39 is 0 Å². The first kappa shape index (κ1) is 13.1. The third kappa shape index (κ3) is 2.27. The van der Waals surface area contributed by atoms with E-state index in [0.29, 0.717) is 6.54 Å². The summed E-state index contributed by atoms with van der Waals surface area (Å²) in [5.41, 5.74) is 5.13. The molecule has 2 atom stereocenters. The van der Waals surface area contributed by atoms with Gasteiger partial charge in [0.05, 0.1) is 13.0 Å². The van der Waals surface area contributed by atoms with Gasteiger partial charge in [0.25, 0.3) is 0 Å². The molecule has 98 valence electrons. The Balaban J connectivity index is 2.36. The van der Waals surface area contributed by atoms with Crippen molar-refractivity contribution in [2.45, 2.75) is 26.7 Å². The highest BCUT2D eigenvalue weighted by Crippen LogP contribution is 2.32. The minimum atomic E-state index is -0.109. The molecule has 0 amide bonds. The van der Waals surface area contributed by atoms with Gasteiger partial charge in [0, 0.05) is 19.0 Å². The SMILES string of the molecule is COC(=O)C1CNCC1c1cc(C)c(C)cc1C. The third-order valence-electron chi connectivity index (χ3n) is 4.00. The summed E-state index contributed by atoms with van der Waals surface area (Å²) in [6.45, 7) is 7.92. The number of ether oxygens (including phenoxy) is 1. The van der Waals surface area contributed by atoms with Crippen LogP contribution in [0.2, 0.25) is 0 Å². The zero-order valence-electron chi connectivity index (χ0n) is 11.5. The first-order valence-electron chi connectivity index (χ1n) is 6.41. The third-order valence-corrected chi connectivity index (χ3v) is 4.00. The molecule has 0 aliphatic carbocycles. The number of esters is 1. The van der Waals surface area contributed by atoms with Crippen LogP contribution >= 0.6 is 0 Å². The first-order chi connectivity index (χ1) is 8.54. The summed E-state index contributed by atoms with van der Waals surface area (Å²) < 4.78 is 4.90. The molecule has 2 rings (SSSR count). The number of benzene rings is 1. The molecule has 1 N–H and O–H groups in total. The Hall–Kier alpha value is -1.35. The molecule has 3 nitrogen and oxygen atoms in total. The average molecular weight is 247 g/mol. The van der Waals surface area contributed by atoms with Gasteiger partial charge in [-0.2, -0.15) is 0 Å². The molecule has 0 radical (unpaired) electrons. The predicted molar refractivity (Wildman–Crippen MR) is 71.8 cm³/mol. The van der Waals surface area contributed by atoms with Gasteiger partial charge >= 0.3 is 5.97 Å². The van der Waals surface area contributed by atoms with Crippen LogP contribution in [0.15, 0.2) is 12.1 Å². The highest BCUT2D eigenvalue weighted by Gasteiger charge is 2.35. The van der Waals surface area contributed by atoms with Crippen molar-refractivity contribution in [1.82, 2.24) is 5.32 Å². The Kier molecular flexibility index (Phi) is 3.71. The smallest absolute Gasteiger partial charge is 0.310 e. The number of hydrogen-bond donors (Lipinski definition) is 1. The van der Waals surface area contributed by atoms with E-state index in [1.165, 1.54) is 29.4 Å². The van der Waals surface area contributed by atoms with E-state index in [1.54, 1.807) is 0 Å². The molecule has 1 saturated heterocycles. The lowest BCUT2D eigenvalue weighted by Crippen LogP contribution is -2.23. The van der Waals surface area contributed by atoms with Crippen molar-refractivity contribution in [2.75, 3.05) is 20.2 Å². The molecule has 0 saturated carbocycles. The van der Waals surface area contributed by atoms with Crippen LogP contribution in [0.5, 0.6) is 0 Å². The van der Waals surface area contributed by atoms with E-state index in [9.17, 15) is 4.79 Å². The second kappa shape index (κ2) is 5.11. The van der Waals surface area contributed by atoms with Gasteiger partial charge in [-0.3, -0.25) is 4.79 Å². The van der Waals surface area contributed by atoms with Crippen LogP contribution < -0.4 is 5.32 Å². The van der Waals surface area contributed by atoms with Gasteiger partial charge in [-0.15, -0.1) is 0 Å². The number of methoxy groups -OCH3 is 1. The van der Waals surface area contributed by atoms with Crippen LogP contribution in [-0.4, -0.2) is 26.2 Å². The molecule has 0 bridgehead atoms. The lowest BCUT2D eigenvalue weighted by molar-refractivity contribution is -0.145. The molecule has 3 heteroatoms. The van der Waals surface area contributed by atoms with E-state index in [0.717, 1.165) is 6.54 Å². The summed E-state index contributed by atoms with van der Waals surface area (Å²) in [6.07, 6.45) is 0. The normalized spacial score (nSPS) is 23.1. The number of carbonyl (C=O) groups excluding carboxylic acids is 1. The van der Waals surface area contributed by atoms with Crippen LogP contribution in [0.4, 0.5) is 0 Å². The molecule has 1 fully saturated rings. The molecular weight excluding hydrogens is 226 g/mol. The summed E-state index contributed by atoms with van der Waals surface area (Å²) in [5, 5.41) is 3.30. The molecule has 1 heterocycles. The van der Waals surface area contributed by atoms with Gasteiger partial charge in [0.2, 0.25) is 0 Å². The van der Waals surface area contributed by atoms with Gasteiger partial charge < -0.3 is 10.1 Å². The largest absolute Gasteiger partial charge is 0.469 e. The van der Waals surface area contributed by atoms with E-state index in [1.807, 2.05) is 0 Å². The topological polar surface area (TPSA) is 38.3 Å². The van der Waals surface area contributed by atoms with Crippen LogP contribution in [0.25, 0.3) is 0 Å². The van der Waals surface area contributed by atoms with Crippen molar-refractivity contribution in [3.05, 3.63) is 34.4 Å². The summed E-state index contributed by atoms with van der Waals surface area (Å²) in [4.78, 5) is 11.8. The Morgan fingerprint density at radius 1 is 1.17 bits per heavy atom. The second-order valence-electron chi connectivity index (χ2n) is 5.19. The Morgan fingerprint density at radius 2 is 1.83 bits per heavy atom. The fraction of sp³-hybridized carbons (Fsp3) is 0.533. The molecule has 0 spiro atoms. The predicted octanol–water partition coefficient (Wildman–Crippen LogP) is 2.09. The maximum Gasteiger partial charge on any atom is 0.310 e. The lowest BCUT2D eigenvalue weighted by atomic mass is 9.84. The number of hydrogen-bond acceptors (Lipinski definition) is 3. The van der Waals surface area contributed by atoms with Crippen molar-refractivity contribution in [3.63, 3.8) is 0 Å². The van der Waals surface area contributed by atoms with E-state index in [-0.39, 0.29) is 17.8 Å². The minimum absolute atomic E-state index is 0.0594. The van der Waals surface area contributed by atoms with Crippen molar-refractivity contribution in [3.8, 4) is 0 Å². The van der Waals surface area contributed by atoms with Crippen molar-refractivity contribution in [1.29, 1.82) is 0 Å². The number of carbonyl (C=O) groups is 1. The fourth-order valence-corrected chi connectivity index (χ4v) is 2.79. The lowest BCUT2D eigenvalue weighted by Gasteiger charge is -2.20. The molecular formula is C15H21NO2. The standard InChI is InChI=1S/C15H21NO2/c1-9-5-11(3)12(6-10(9)2)13-7-16-8-14(13)15(17)18-4/h5-6,13-14,16H,7-8H2,1-4H3. The number of aryl methyl sites for hydroxylation is 3. The van der Waals surface area contributed by atoms with Gasteiger partial charge in [-0.1, -0.05) is 12.1 Å². The average Bonchev–Trinajstić information content (AvgIpc) is 2.81. The Bertz CT molecular complexity index is 468. The van der Waals surface area contributed by atoms with Crippen molar-refractivity contribution >= 4 is 5.97 Å². The molecule has 0 aromatic heterocycles. The molecule has 1 aromatic rings. The summed E-state index contributed by atoms with van der Waals surface area (Å²) in [6, 6.07) is 4.43. The highest BCUT2D eigenvalue weighted by molar-refractivity contribution is 5.74. The highest BCUT2D eigenvalue weighted by atomic mass is 16.5. The number of rotatable bonds is 2. The van der Waals surface area contributed by atoms with Crippen LogP contribution in [0.3, 0.4) is 0 Å². The first-order valence-corrected chi connectivity index (χ1v) is 6.41.